The van der Waals surface area contributed by atoms with Crippen molar-refractivity contribution < 1.29 is 17.6 Å². The summed E-state index contributed by atoms with van der Waals surface area (Å²) in [5.74, 6) is 0.342. The molecule has 0 saturated heterocycles. The highest BCUT2D eigenvalue weighted by molar-refractivity contribution is 5.26. The van der Waals surface area contributed by atoms with Crippen LogP contribution in [0.15, 0.2) is 18.2 Å². The van der Waals surface area contributed by atoms with E-state index in [-0.39, 0.29) is 0 Å². The topological polar surface area (TPSA) is 0 Å². The van der Waals surface area contributed by atoms with Gasteiger partial charge < -0.3 is 0 Å². The quantitative estimate of drug-likeness (QED) is 0.280. The molecular weight excluding hydrogens is 352 g/mol. The molecule has 1 fully saturated rings. The lowest BCUT2D eigenvalue weighted by molar-refractivity contribution is -0.140. The van der Waals surface area contributed by atoms with Crippen molar-refractivity contribution in [1.29, 1.82) is 0 Å². The minimum absolute atomic E-state index is 0.635. The third-order valence-electron chi connectivity index (χ3n) is 6.11. The molecule has 4 heteroatoms. The van der Waals surface area contributed by atoms with Crippen LogP contribution < -0.4 is 0 Å². The zero-order chi connectivity index (χ0) is 19.7. The van der Waals surface area contributed by atoms with E-state index >= 15 is 0 Å². The molecular formula is C23H34F4. The van der Waals surface area contributed by atoms with Crippen molar-refractivity contribution in [1.82, 2.24) is 0 Å². The Morgan fingerprint density at radius 2 is 1.44 bits per heavy atom. The summed E-state index contributed by atoms with van der Waals surface area (Å²) < 4.78 is 51.5. The summed E-state index contributed by atoms with van der Waals surface area (Å²) >= 11 is 0. The number of aryl methyl sites for hydroxylation is 1. The van der Waals surface area contributed by atoms with Crippen LogP contribution in [0.3, 0.4) is 0 Å². The molecule has 0 spiro atoms. The van der Waals surface area contributed by atoms with Gasteiger partial charge >= 0.3 is 6.18 Å². The molecule has 0 amide bonds. The van der Waals surface area contributed by atoms with Crippen molar-refractivity contribution in [2.75, 3.05) is 0 Å². The van der Waals surface area contributed by atoms with E-state index < -0.39 is 17.6 Å². The maximum absolute atomic E-state index is 13.7. The van der Waals surface area contributed by atoms with Gasteiger partial charge in [0.25, 0.3) is 0 Å². The molecule has 27 heavy (non-hydrogen) atoms. The van der Waals surface area contributed by atoms with Crippen molar-refractivity contribution in [2.24, 2.45) is 11.8 Å². The van der Waals surface area contributed by atoms with Gasteiger partial charge in [-0.1, -0.05) is 83.6 Å². The molecule has 0 radical (unpaired) electrons. The summed E-state index contributed by atoms with van der Waals surface area (Å²) in [6.07, 6.45) is 11.4. The van der Waals surface area contributed by atoms with Crippen molar-refractivity contribution in [3.8, 4) is 0 Å². The Labute approximate surface area is 161 Å². The van der Waals surface area contributed by atoms with Gasteiger partial charge in [-0.25, -0.2) is 4.39 Å². The van der Waals surface area contributed by atoms with Gasteiger partial charge in [0.15, 0.2) is 0 Å². The number of unbranched alkanes of at least 4 members (excludes halogenated alkanes) is 5. The fraction of sp³-hybridized carbons (Fsp3) is 0.739. The van der Waals surface area contributed by atoms with E-state index in [1.807, 2.05) is 0 Å². The Kier molecular flexibility index (Phi) is 9.11. The highest BCUT2D eigenvalue weighted by Crippen LogP contribution is 2.35. The molecule has 1 saturated carbocycles. The van der Waals surface area contributed by atoms with E-state index in [0.29, 0.717) is 17.9 Å². The van der Waals surface area contributed by atoms with Crippen molar-refractivity contribution in [2.45, 2.75) is 96.6 Å². The standard InChI is InChI=1S/C23H34F4/c1-2-3-4-5-6-7-8-18-9-11-19(12-10-18)13-14-20-15-16-21(22(24)17-20)23(25,26)27/h15-19H,2-14H2,1H3. The number of rotatable bonds is 10. The van der Waals surface area contributed by atoms with E-state index in [1.54, 1.807) is 0 Å². The van der Waals surface area contributed by atoms with Crippen LogP contribution >= 0.6 is 0 Å². The molecule has 1 aromatic carbocycles. The Hall–Kier alpha value is -1.06. The minimum atomic E-state index is -4.61. The Balaban J connectivity index is 1.64. The predicted molar refractivity (Wildman–Crippen MR) is 103 cm³/mol. The lowest BCUT2D eigenvalue weighted by Crippen LogP contribution is -2.15. The summed E-state index contributed by atoms with van der Waals surface area (Å²) in [5, 5.41) is 0. The van der Waals surface area contributed by atoms with Crippen LogP contribution in [0.25, 0.3) is 0 Å². The summed E-state index contributed by atoms with van der Waals surface area (Å²) in [7, 11) is 0. The highest BCUT2D eigenvalue weighted by atomic mass is 19.4. The fourth-order valence-corrected chi connectivity index (χ4v) is 4.34. The van der Waals surface area contributed by atoms with E-state index in [2.05, 4.69) is 6.92 Å². The second kappa shape index (κ2) is 11.1. The molecule has 0 aromatic heterocycles. The Morgan fingerprint density at radius 1 is 0.852 bits per heavy atom. The van der Waals surface area contributed by atoms with Gasteiger partial charge in [-0.15, -0.1) is 0 Å². The number of hydrogen-bond donors (Lipinski definition) is 0. The van der Waals surface area contributed by atoms with Crippen molar-refractivity contribution >= 4 is 0 Å². The number of alkyl halides is 3. The van der Waals surface area contributed by atoms with E-state index in [1.165, 1.54) is 76.7 Å². The van der Waals surface area contributed by atoms with Gasteiger partial charge in [-0.05, 0) is 42.4 Å². The first kappa shape index (κ1) is 22.2. The first-order chi connectivity index (χ1) is 12.9. The SMILES string of the molecule is CCCCCCCCC1CCC(CCc2ccc(C(F)(F)F)c(F)c2)CC1. The lowest BCUT2D eigenvalue weighted by atomic mass is 9.77. The molecule has 2 rings (SSSR count). The van der Waals surface area contributed by atoms with Crippen molar-refractivity contribution in [3.05, 3.63) is 35.1 Å². The van der Waals surface area contributed by atoms with Gasteiger partial charge in [-0.2, -0.15) is 13.2 Å². The van der Waals surface area contributed by atoms with Gasteiger partial charge in [0.2, 0.25) is 0 Å². The highest BCUT2D eigenvalue weighted by Gasteiger charge is 2.33. The molecule has 1 aromatic rings. The van der Waals surface area contributed by atoms with Crippen LogP contribution in [0.5, 0.6) is 0 Å². The van der Waals surface area contributed by atoms with Crippen LogP contribution in [-0.4, -0.2) is 0 Å². The molecule has 0 bridgehead atoms. The number of hydrogen-bond acceptors (Lipinski definition) is 0. The largest absolute Gasteiger partial charge is 0.419 e. The monoisotopic (exact) mass is 386 g/mol. The summed E-state index contributed by atoms with van der Waals surface area (Å²) in [6, 6.07) is 3.37. The average molecular weight is 387 g/mol. The van der Waals surface area contributed by atoms with Gasteiger partial charge in [0, 0.05) is 0 Å². The van der Waals surface area contributed by atoms with Crippen LogP contribution in [0.4, 0.5) is 17.6 Å². The second-order valence-corrected chi connectivity index (χ2v) is 8.29. The first-order valence-electron chi connectivity index (χ1n) is 10.8. The van der Waals surface area contributed by atoms with E-state index in [4.69, 9.17) is 0 Å². The molecule has 0 N–H and O–H groups in total. The second-order valence-electron chi connectivity index (χ2n) is 8.29. The van der Waals surface area contributed by atoms with Crippen molar-refractivity contribution in [3.63, 3.8) is 0 Å². The molecule has 0 heterocycles. The molecule has 1 aliphatic rings. The maximum Gasteiger partial charge on any atom is 0.419 e. The average Bonchev–Trinajstić information content (AvgIpc) is 2.63. The van der Waals surface area contributed by atoms with Crippen LogP contribution in [0.1, 0.15) is 95.1 Å². The summed E-state index contributed by atoms with van der Waals surface area (Å²) in [5.41, 5.74) is -0.490. The maximum atomic E-state index is 13.7. The third-order valence-corrected chi connectivity index (χ3v) is 6.11. The lowest BCUT2D eigenvalue weighted by Gasteiger charge is -2.28. The normalized spacial score (nSPS) is 20.8. The van der Waals surface area contributed by atoms with Crippen LogP contribution in [-0.2, 0) is 12.6 Å². The fourth-order valence-electron chi connectivity index (χ4n) is 4.34. The predicted octanol–water partition coefficient (Wildman–Crippen LogP) is 8.33. The zero-order valence-corrected chi connectivity index (χ0v) is 16.6. The van der Waals surface area contributed by atoms with Gasteiger partial charge in [0.05, 0.1) is 5.56 Å². The van der Waals surface area contributed by atoms with Crippen LogP contribution in [0.2, 0.25) is 0 Å². The van der Waals surface area contributed by atoms with Gasteiger partial charge in [0.1, 0.15) is 5.82 Å². The van der Waals surface area contributed by atoms with Gasteiger partial charge in [-0.3, -0.25) is 0 Å². The molecule has 0 atom stereocenters. The first-order valence-corrected chi connectivity index (χ1v) is 10.8. The smallest absolute Gasteiger partial charge is 0.206 e. The van der Waals surface area contributed by atoms with E-state index in [0.717, 1.165) is 24.5 Å². The Morgan fingerprint density at radius 3 is 2.04 bits per heavy atom. The van der Waals surface area contributed by atoms with E-state index in [9.17, 15) is 17.6 Å². The molecule has 0 nitrogen and oxygen atoms in total. The molecule has 0 unspecified atom stereocenters. The molecule has 1 aliphatic carbocycles. The summed E-state index contributed by atoms with van der Waals surface area (Å²) in [6.45, 7) is 2.24. The number of benzene rings is 1. The molecule has 154 valence electrons. The minimum Gasteiger partial charge on any atom is -0.206 e. The Bertz CT molecular complexity index is 542. The van der Waals surface area contributed by atoms with Crippen LogP contribution in [0, 0.1) is 17.7 Å². The summed E-state index contributed by atoms with van der Waals surface area (Å²) in [4.78, 5) is 0. The third kappa shape index (κ3) is 7.83. The number of halogens is 4. The zero-order valence-electron chi connectivity index (χ0n) is 16.6. The molecule has 0 aliphatic heterocycles.